The molecule has 2 aromatic rings. The Morgan fingerprint density at radius 3 is 2.42 bits per heavy atom. The molecule has 0 radical (unpaired) electrons. The molecule has 0 saturated heterocycles. The van der Waals surface area contributed by atoms with Gasteiger partial charge in [-0.05, 0) is 60.6 Å². The van der Waals surface area contributed by atoms with Gasteiger partial charge in [-0.1, -0.05) is 19.1 Å². The molecule has 2 rings (SSSR count). The maximum atomic E-state index is 12.8. The van der Waals surface area contributed by atoms with E-state index in [0.717, 1.165) is 17.7 Å². The second-order valence-corrected chi connectivity index (χ2v) is 5.56. The standard InChI is InChI=1S/C18H19FN2O2S/c1-2-11-23-17(22)14-5-9-16(10-6-14)21-18(24)20-12-13-3-7-15(19)8-4-13/h3-10H,2,11-12H2,1H3,(H2,20,21,24). The van der Waals surface area contributed by atoms with Crippen molar-refractivity contribution in [2.24, 2.45) is 0 Å². The van der Waals surface area contributed by atoms with Crippen molar-refractivity contribution in [3.8, 4) is 0 Å². The molecule has 0 amide bonds. The number of nitrogens with one attached hydrogen (secondary N) is 2. The third kappa shape index (κ3) is 5.62. The van der Waals surface area contributed by atoms with E-state index in [9.17, 15) is 9.18 Å². The molecule has 0 aliphatic carbocycles. The van der Waals surface area contributed by atoms with Crippen LogP contribution in [0, 0.1) is 5.82 Å². The highest BCUT2D eigenvalue weighted by atomic mass is 32.1. The van der Waals surface area contributed by atoms with E-state index in [1.807, 2.05) is 6.92 Å². The van der Waals surface area contributed by atoms with Crippen molar-refractivity contribution in [1.29, 1.82) is 0 Å². The van der Waals surface area contributed by atoms with Gasteiger partial charge in [-0.15, -0.1) is 0 Å². The molecule has 0 bridgehead atoms. The summed E-state index contributed by atoms with van der Waals surface area (Å²) in [6.07, 6.45) is 0.791. The lowest BCUT2D eigenvalue weighted by Crippen LogP contribution is -2.27. The van der Waals surface area contributed by atoms with Crippen molar-refractivity contribution in [3.63, 3.8) is 0 Å². The van der Waals surface area contributed by atoms with E-state index < -0.39 is 0 Å². The van der Waals surface area contributed by atoms with Crippen LogP contribution in [0.1, 0.15) is 29.3 Å². The molecular formula is C18H19FN2O2S. The Hall–Kier alpha value is -2.47. The summed E-state index contributed by atoms with van der Waals surface area (Å²) in [4.78, 5) is 11.7. The summed E-state index contributed by atoms with van der Waals surface area (Å²) in [5.41, 5.74) is 2.19. The molecule has 24 heavy (non-hydrogen) atoms. The zero-order valence-electron chi connectivity index (χ0n) is 13.3. The average Bonchev–Trinajstić information content (AvgIpc) is 2.60. The second-order valence-electron chi connectivity index (χ2n) is 5.15. The van der Waals surface area contributed by atoms with E-state index in [1.165, 1.54) is 12.1 Å². The maximum Gasteiger partial charge on any atom is 0.338 e. The Bertz CT molecular complexity index is 687. The summed E-state index contributed by atoms with van der Waals surface area (Å²) < 4.78 is 17.9. The lowest BCUT2D eigenvalue weighted by Gasteiger charge is -2.11. The van der Waals surface area contributed by atoms with Gasteiger partial charge in [0, 0.05) is 12.2 Å². The van der Waals surface area contributed by atoms with Gasteiger partial charge in [0.15, 0.2) is 5.11 Å². The van der Waals surface area contributed by atoms with Crippen LogP contribution in [0.25, 0.3) is 0 Å². The molecule has 4 nitrogen and oxygen atoms in total. The first-order chi connectivity index (χ1) is 11.6. The molecule has 2 aromatic carbocycles. The van der Waals surface area contributed by atoms with Crippen LogP contribution in [0.2, 0.25) is 0 Å². The molecule has 0 aliphatic rings. The first-order valence-electron chi connectivity index (χ1n) is 7.65. The fraction of sp³-hybridized carbons (Fsp3) is 0.222. The van der Waals surface area contributed by atoms with Crippen LogP contribution in [0.3, 0.4) is 0 Å². The van der Waals surface area contributed by atoms with Crippen LogP contribution in [-0.2, 0) is 11.3 Å². The first-order valence-corrected chi connectivity index (χ1v) is 8.06. The number of carbonyl (C=O) groups is 1. The predicted molar refractivity (Wildman–Crippen MR) is 96.5 cm³/mol. The number of carbonyl (C=O) groups excluding carboxylic acids is 1. The van der Waals surface area contributed by atoms with Gasteiger partial charge >= 0.3 is 5.97 Å². The fourth-order valence-electron chi connectivity index (χ4n) is 1.93. The Morgan fingerprint density at radius 1 is 1.12 bits per heavy atom. The Balaban J connectivity index is 1.83. The second kappa shape index (κ2) is 8.98. The van der Waals surface area contributed by atoms with Gasteiger partial charge in [-0.2, -0.15) is 0 Å². The van der Waals surface area contributed by atoms with Crippen LogP contribution < -0.4 is 10.6 Å². The van der Waals surface area contributed by atoms with Gasteiger partial charge in [0.1, 0.15) is 5.82 Å². The van der Waals surface area contributed by atoms with Gasteiger partial charge in [0.2, 0.25) is 0 Å². The van der Waals surface area contributed by atoms with E-state index in [4.69, 9.17) is 17.0 Å². The molecule has 0 fully saturated rings. The summed E-state index contributed by atoms with van der Waals surface area (Å²) >= 11 is 5.21. The summed E-state index contributed by atoms with van der Waals surface area (Å²) in [6.45, 7) is 2.85. The summed E-state index contributed by atoms with van der Waals surface area (Å²) in [5.74, 6) is -0.600. The van der Waals surface area contributed by atoms with Crippen LogP contribution in [0.5, 0.6) is 0 Å². The average molecular weight is 346 g/mol. The lowest BCUT2D eigenvalue weighted by molar-refractivity contribution is 0.0505. The minimum atomic E-state index is -0.333. The largest absolute Gasteiger partial charge is 0.462 e. The first kappa shape index (κ1) is 17.9. The number of hydrogen-bond donors (Lipinski definition) is 2. The number of benzene rings is 2. The number of ether oxygens (including phenoxy) is 1. The van der Waals surface area contributed by atoms with Crippen molar-refractivity contribution < 1.29 is 13.9 Å². The molecule has 0 unspecified atom stereocenters. The van der Waals surface area contributed by atoms with E-state index >= 15 is 0 Å². The molecule has 126 valence electrons. The molecular weight excluding hydrogens is 327 g/mol. The minimum Gasteiger partial charge on any atom is -0.462 e. The highest BCUT2D eigenvalue weighted by Gasteiger charge is 2.06. The van der Waals surface area contributed by atoms with E-state index in [0.29, 0.717) is 23.8 Å². The molecule has 0 aliphatic heterocycles. The molecule has 2 N–H and O–H groups in total. The van der Waals surface area contributed by atoms with Crippen molar-refractivity contribution in [3.05, 3.63) is 65.5 Å². The smallest absolute Gasteiger partial charge is 0.338 e. The molecule has 6 heteroatoms. The van der Waals surface area contributed by atoms with Gasteiger partial charge < -0.3 is 15.4 Å². The summed E-state index contributed by atoms with van der Waals surface area (Å²) in [6, 6.07) is 13.1. The zero-order valence-corrected chi connectivity index (χ0v) is 14.2. The monoisotopic (exact) mass is 346 g/mol. The Kier molecular flexibility index (Phi) is 6.69. The number of esters is 1. The van der Waals surface area contributed by atoms with Crippen LogP contribution in [0.15, 0.2) is 48.5 Å². The summed E-state index contributed by atoms with van der Waals surface area (Å²) in [7, 11) is 0. The van der Waals surface area contributed by atoms with Crippen molar-refractivity contribution in [1.82, 2.24) is 5.32 Å². The molecule has 0 atom stereocenters. The normalized spacial score (nSPS) is 10.1. The number of rotatable bonds is 6. The van der Waals surface area contributed by atoms with E-state index in [-0.39, 0.29) is 11.8 Å². The number of anilines is 1. The fourth-order valence-corrected chi connectivity index (χ4v) is 2.12. The predicted octanol–water partition coefficient (Wildman–Crippen LogP) is 3.88. The topological polar surface area (TPSA) is 50.4 Å². The Morgan fingerprint density at radius 2 is 1.79 bits per heavy atom. The Labute approximate surface area is 146 Å². The van der Waals surface area contributed by atoms with Crippen molar-refractivity contribution in [2.45, 2.75) is 19.9 Å². The van der Waals surface area contributed by atoms with Crippen molar-refractivity contribution >= 4 is 29.0 Å². The van der Waals surface area contributed by atoms with Crippen LogP contribution in [-0.4, -0.2) is 17.7 Å². The van der Waals surface area contributed by atoms with Gasteiger partial charge in [-0.3, -0.25) is 0 Å². The number of halogens is 1. The van der Waals surface area contributed by atoms with Gasteiger partial charge in [0.25, 0.3) is 0 Å². The molecule has 0 spiro atoms. The SMILES string of the molecule is CCCOC(=O)c1ccc(NC(=S)NCc2ccc(F)cc2)cc1. The number of hydrogen-bond acceptors (Lipinski definition) is 3. The zero-order chi connectivity index (χ0) is 17.4. The van der Waals surface area contributed by atoms with E-state index in [2.05, 4.69) is 10.6 Å². The number of thiocarbonyl (C=S) groups is 1. The highest BCUT2D eigenvalue weighted by Crippen LogP contribution is 2.11. The van der Waals surface area contributed by atoms with Gasteiger partial charge in [-0.25, -0.2) is 9.18 Å². The molecule has 0 aromatic heterocycles. The maximum absolute atomic E-state index is 12.8. The van der Waals surface area contributed by atoms with Crippen LogP contribution in [0.4, 0.5) is 10.1 Å². The van der Waals surface area contributed by atoms with E-state index in [1.54, 1.807) is 36.4 Å². The third-order valence-electron chi connectivity index (χ3n) is 3.18. The molecule has 0 heterocycles. The summed E-state index contributed by atoms with van der Waals surface area (Å²) in [5, 5.41) is 6.51. The molecule has 0 saturated carbocycles. The lowest BCUT2D eigenvalue weighted by atomic mass is 10.2. The quantitative estimate of drug-likeness (QED) is 0.614. The third-order valence-corrected chi connectivity index (χ3v) is 3.43. The van der Waals surface area contributed by atoms with Crippen molar-refractivity contribution in [2.75, 3.05) is 11.9 Å². The van der Waals surface area contributed by atoms with Gasteiger partial charge in [0.05, 0.1) is 12.2 Å². The highest BCUT2D eigenvalue weighted by molar-refractivity contribution is 7.80. The van der Waals surface area contributed by atoms with Crippen LogP contribution >= 0.6 is 12.2 Å². The minimum absolute atomic E-state index is 0.267.